The molecule has 1 saturated heterocycles. The highest BCUT2D eigenvalue weighted by molar-refractivity contribution is 8.00. The number of nitrogens with zero attached hydrogens (tertiary/aromatic N) is 2. The zero-order valence-electron chi connectivity index (χ0n) is 30.7. The average Bonchev–Trinajstić information content (AvgIpc) is 3.35. The Kier molecular flexibility index (Phi) is 19.1. The minimum Gasteiger partial charge on any atom is -0.445 e. The zero-order chi connectivity index (χ0) is 37.9. The molecule has 2 rings (SSSR count). The molecule has 284 valence electrons. The predicted octanol–water partition coefficient (Wildman–Crippen LogP) is 4.21. The van der Waals surface area contributed by atoms with E-state index in [1.54, 1.807) is 50.1 Å². The van der Waals surface area contributed by atoms with Crippen molar-refractivity contribution in [3.63, 3.8) is 0 Å². The number of ether oxygens (including phenoxy) is 1. The van der Waals surface area contributed by atoms with Crippen LogP contribution >= 0.6 is 11.8 Å². The maximum atomic E-state index is 13.5. The molecule has 1 aromatic carbocycles. The number of nitrogens with two attached hydrogens (primary N) is 1. The van der Waals surface area contributed by atoms with Crippen LogP contribution in [0.25, 0.3) is 0 Å². The molecule has 1 unspecified atom stereocenters. The van der Waals surface area contributed by atoms with Crippen molar-refractivity contribution < 1.29 is 38.3 Å². The molecule has 14 nitrogen and oxygen atoms in total. The maximum absolute atomic E-state index is 13.5. The van der Waals surface area contributed by atoms with Crippen molar-refractivity contribution >= 4 is 59.0 Å². The number of anilines is 1. The number of Topliss-reactive ketones (excluding diaryl/α,β-unsaturated/α-hetero) is 1. The molecule has 0 aromatic heterocycles. The number of rotatable bonds is 23. The minimum absolute atomic E-state index is 0.0666. The summed E-state index contributed by atoms with van der Waals surface area (Å²) in [5, 5.41) is 7.89. The Hall–Kier alpha value is -4.14. The Morgan fingerprint density at radius 1 is 1.02 bits per heavy atom. The number of thioether (sulfide) groups is 1. The van der Waals surface area contributed by atoms with E-state index in [-0.39, 0.29) is 79.4 Å². The summed E-state index contributed by atoms with van der Waals surface area (Å²) in [4.78, 5) is 90.3. The van der Waals surface area contributed by atoms with Crippen molar-refractivity contribution in [3.8, 4) is 0 Å². The molecular weight excluding hydrogens is 676 g/mol. The highest BCUT2D eigenvalue weighted by Crippen LogP contribution is 2.26. The summed E-state index contributed by atoms with van der Waals surface area (Å²) in [6.45, 7) is 6.37. The second kappa shape index (κ2) is 22.6. The van der Waals surface area contributed by atoms with E-state index >= 15 is 0 Å². The van der Waals surface area contributed by atoms with Crippen LogP contribution in [0.4, 0.5) is 15.3 Å². The molecule has 51 heavy (non-hydrogen) atoms. The van der Waals surface area contributed by atoms with Gasteiger partial charge in [-0.25, -0.2) is 9.59 Å². The van der Waals surface area contributed by atoms with Gasteiger partial charge in [0.2, 0.25) is 23.6 Å². The van der Waals surface area contributed by atoms with Crippen molar-refractivity contribution in [2.45, 2.75) is 103 Å². The van der Waals surface area contributed by atoms with Gasteiger partial charge in [0, 0.05) is 58.1 Å². The monoisotopic (exact) mass is 732 g/mol. The Bertz CT molecular complexity index is 1340. The Balaban J connectivity index is 1.91. The van der Waals surface area contributed by atoms with Crippen LogP contribution in [-0.2, 0) is 35.3 Å². The summed E-state index contributed by atoms with van der Waals surface area (Å²) in [6.07, 6.45) is 4.33. The highest BCUT2D eigenvalue weighted by Gasteiger charge is 2.38. The van der Waals surface area contributed by atoms with Crippen molar-refractivity contribution in [2.75, 3.05) is 38.3 Å². The van der Waals surface area contributed by atoms with Gasteiger partial charge in [0.05, 0.1) is 11.3 Å². The number of carbonyl (C=O) groups is 7. The number of carbonyl (C=O) groups excluding carboxylic acids is 7. The van der Waals surface area contributed by atoms with Crippen LogP contribution in [0.2, 0.25) is 0 Å². The van der Waals surface area contributed by atoms with Gasteiger partial charge in [-0.15, -0.1) is 11.8 Å². The lowest BCUT2D eigenvalue weighted by molar-refractivity contribution is -0.138. The number of urea groups is 1. The van der Waals surface area contributed by atoms with Crippen LogP contribution in [0.15, 0.2) is 24.3 Å². The van der Waals surface area contributed by atoms with Gasteiger partial charge < -0.3 is 31.3 Å². The standard InChI is InChI=1S/C36H56N6O8S/c1-6-7-20-51-29-22-31(45)42(34(29)47)19-10-8-9-13-30(44)40-32(24(2)3)28(43)21-26(12-11-18-38-35(37)48)33(46)39-27-16-14-25(15-17-27)23-50-36(49)41(4)5/h14-17,24,26,29,32H,6-13,18-23H2,1-5H3,(H,39,46)(H,40,44)(H3,37,38,48)/t26-,29?,32+/m1/s1. The van der Waals surface area contributed by atoms with Crippen LogP contribution in [0.5, 0.6) is 0 Å². The number of amides is 7. The van der Waals surface area contributed by atoms with Gasteiger partial charge in [-0.1, -0.05) is 45.7 Å². The Morgan fingerprint density at radius 3 is 2.35 bits per heavy atom. The minimum atomic E-state index is -0.803. The van der Waals surface area contributed by atoms with E-state index < -0.39 is 24.1 Å². The molecule has 1 fully saturated rings. The van der Waals surface area contributed by atoms with E-state index in [0.29, 0.717) is 37.9 Å². The van der Waals surface area contributed by atoms with Gasteiger partial charge in [-0.2, -0.15) is 0 Å². The second-order valence-corrected chi connectivity index (χ2v) is 14.6. The summed E-state index contributed by atoms with van der Waals surface area (Å²) in [5.74, 6) is -1.32. The molecule has 3 atom stereocenters. The quantitative estimate of drug-likeness (QED) is 0.0941. The third-order valence-electron chi connectivity index (χ3n) is 8.43. The summed E-state index contributed by atoms with van der Waals surface area (Å²) in [7, 11) is 3.17. The molecule has 0 bridgehead atoms. The molecule has 0 radical (unpaired) electrons. The Morgan fingerprint density at radius 2 is 1.73 bits per heavy atom. The van der Waals surface area contributed by atoms with E-state index in [1.165, 1.54) is 9.80 Å². The van der Waals surface area contributed by atoms with Gasteiger partial charge in [0.25, 0.3) is 0 Å². The van der Waals surface area contributed by atoms with Crippen molar-refractivity contribution in [1.29, 1.82) is 0 Å². The van der Waals surface area contributed by atoms with Crippen molar-refractivity contribution in [3.05, 3.63) is 29.8 Å². The molecule has 5 N–H and O–H groups in total. The van der Waals surface area contributed by atoms with Crippen LogP contribution in [-0.4, -0.2) is 95.6 Å². The molecule has 1 aliphatic rings. The number of primary amides is 1. The lowest BCUT2D eigenvalue weighted by atomic mass is 9.89. The lowest BCUT2D eigenvalue weighted by Crippen LogP contribution is -2.45. The molecular formula is C36H56N6O8S. The fourth-order valence-corrected chi connectivity index (χ4v) is 6.71. The molecule has 7 amide bonds. The fourth-order valence-electron chi connectivity index (χ4n) is 5.44. The van der Waals surface area contributed by atoms with Crippen molar-refractivity contribution in [1.82, 2.24) is 20.4 Å². The number of unbranched alkanes of at least 4 members (excludes halogenated alkanes) is 3. The average molecular weight is 733 g/mol. The zero-order valence-corrected chi connectivity index (χ0v) is 31.5. The SMILES string of the molecule is CCCCSC1CC(=O)N(CCCCCC(=O)N[C@H](C(=O)C[C@@H](CCCNC(N)=O)C(=O)Nc2ccc(COC(=O)N(C)C)cc2)C(C)C)C1=O. The second-order valence-electron chi connectivity index (χ2n) is 13.3. The third-order valence-corrected chi connectivity index (χ3v) is 9.73. The van der Waals surface area contributed by atoms with Gasteiger partial charge in [-0.05, 0) is 61.5 Å². The first-order valence-corrected chi connectivity index (χ1v) is 18.8. The molecule has 1 aromatic rings. The van der Waals surface area contributed by atoms with E-state index in [9.17, 15) is 33.6 Å². The van der Waals surface area contributed by atoms with Crippen LogP contribution < -0.4 is 21.7 Å². The van der Waals surface area contributed by atoms with Crippen molar-refractivity contribution in [2.24, 2.45) is 17.6 Å². The molecule has 0 saturated carbocycles. The van der Waals surface area contributed by atoms with Crippen LogP contribution in [0.3, 0.4) is 0 Å². The lowest BCUT2D eigenvalue weighted by Gasteiger charge is -2.24. The summed E-state index contributed by atoms with van der Waals surface area (Å²) in [6, 6.07) is 5.29. The third kappa shape index (κ3) is 15.7. The molecule has 15 heteroatoms. The fraction of sp³-hybridized carbons (Fsp3) is 0.639. The summed E-state index contributed by atoms with van der Waals surface area (Å²) < 4.78 is 5.18. The highest BCUT2D eigenvalue weighted by atomic mass is 32.2. The normalized spacial score (nSPS) is 15.3. The molecule has 0 spiro atoms. The Labute approximate surface area is 305 Å². The van der Waals surface area contributed by atoms with Gasteiger partial charge in [0.1, 0.15) is 6.61 Å². The largest absolute Gasteiger partial charge is 0.445 e. The predicted molar refractivity (Wildman–Crippen MR) is 197 cm³/mol. The molecule has 0 aliphatic carbocycles. The number of benzene rings is 1. The van der Waals surface area contributed by atoms with Gasteiger partial charge in [-0.3, -0.25) is 28.9 Å². The number of hydrogen-bond donors (Lipinski definition) is 4. The number of ketones is 1. The first kappa shape index (κ1) is 43.0. The van der Waals surface area contributed by atoms with Gasteiger partial charge in [0.15, 0.2) is 5.78 Å². The molecule has 1 aliphatic heterocycles. The van der Waals surface area contributed by atoms with Gasteiger partial charge >= 0.3 is 12.1 Å². The number of imide groups is 1. The van der Waals surface area contributed by atoms with E-state index in [2.05, 4.69) is 22.9 Å². The van der Waals surface area contributed by atoms with Crippen LogP contribution in [0, 0.1) is 11.8 Å². The van der Waals surface area contributed by atoms with E-state index in [4.69, 9.17) is 10.5 Å². The van der Waals surface area contributed by atoms with Crippen LogP contribution in [0.1, 0.15) is 90.5 Å². The first-order chi connectivity index (χ1) is 24.2. The molecule has 1 heterocycles. The number of nitrogens with one attached hydrogen (secondary N) is 3. The smallest absolute Gasteiger partial charge is 0.409 e. The van der Waals surface area contributed by atoms with E-state index in [1.807, 2.05) is 13.8 Å². The van der Waals surface area contributed by atoms with E-state index in [0.717, 1.165) is 24.2 Å². The first-order valence-electron chi connectivity index (χ1n) is 17.8. The topological polar surface area (TPSA) is 197 Å². The number of likely N-dealkylation sites (tertiary alicyclic amines) is 1. The number of hydrogen-bond acceptors (Lipinski definition) is 9. The summed E-state index contributed by atoms with van der Waals surface area (Å²) >= 11 is 1.55. The summed E-state index contributed by atoms with van der Waals surface area (Å²) in [5.41, 5.74) is 6.39. The maximum Gasteiger partial charge on any atom is 0.409 e.